The molecule has 1 aromatic heterocycles. The van der Waals surface area contributed by atoms with Crippen LogP contribution < -0.4 is 3.71 Å². The zero-order chi connectivity index (χ0) is 14.8. The summed E-state index contributed by atoms with van der Waals surface area (Å²) in [6, 6.07) is 4.63. The topological polar surface area (TPSA) is 4.93 Å². The molecule has 0 amide bonds. The molecule has 2 radical (unpaired) electrons. The van der Waals surface area contributed by atoms with Gasteiger partial charge in [0.05, 0.1) is 0 Å². The number of nitrogens with zero attached hydrogens (tertiary/aromatic N) is 1. The zero-order valence-electron chi connectivity index (χ0n) is 14.0. The van der Waals surface area contributed by atoms with Crippen molar-refractivity contribution in [2.75, 3.05) is 0 Å². The van der Waals surface area contributed by atoms with Crippen LogP contribution in [-0.2, 0) is 7.05 Å². The van der Waals surface area contributed by atoms with E-state index in [0.717, 1.165) is 3.43 Å². The van der Waals surface area contributed by atoms with Crippen molar-refractivity contribution in [2.24, 2.45) is 7.05 Å². The summed E-state index contributed by atoms with van der Waals surface area (Å²) in [5.74, 6) is 0. The summed E-state index contributed by atoms with van der Waals surface area (Å²) < 4.78 is 4.80. The summed E-state index contributed by atoms with van der Waals surface area (Å²) in [5.41, 5.74) is 0. The van der Waals surface area contributed by atoms with Gasteiger partial charge in [-0.25, -0.2) is 0 Å². The van der Waals surface area contributed by atoms with Crippen LogP contribution in [0.3, 0.4) is 0 Å². The van der Waals surface area contributed by atoms with Crippen molar-refractivity contribution in [3.8, 4) is 0 Å². The van der Waals surface area contributed by atoms with E-state index in [4.69, 9.17) is 0 Å². The molecule has 1 rings (SSSR count). The van der Waals surface area contributed by atoms with Crippen LogP contribution in [0, 0.1) is 0 Å². The minimum atomic E-state index is -0.517. The zero-order valence-corrected chi connectivity index (χ0v) is 16.9. The molecule has 0 unspecified atom stereocenters. The molecule has 0 atom stereocenters. The van der Waals surface area contributed by atoms with Crippen LogP contribution in [0.25, 0.3) is 0 Å². The van der Waals surface area contributed by atoms with Gasteiger partial charge in [-0.2, -0.15) is 0 Å². The SMILES string of the molecule is CCCC[C](CCCC)(CCCC)[Sn][c]1cccn1C. The fourth-order valence-electron chi connectivity index (χ4n) is 2.97. The predicted molar refractivity (Wildman–Crippen MR) is 92.1 cm³/mol. The predicted octanol–water partition coefficient (Wildman–Crippen LogP) is 5.08. The normalized spacial score (nSPS) is 12.0. The molecule has 0 saturated carbocycles. The molecule has 0 spiro atoms. The maximum atomic E-state index is 2.39. The number of aryl methyl sites for hydroxylation is 1. The first-order valence-electron chi connectivity index (χ1n) is 8.57. The van der Waals surface area contributed by atoms with Crippen molar-refractivity contribution in [1.82, 2.24) is 4.57 Å². The molecule has 0 aromatic carbocycles. The Kier molecular flexibility index (Phi) is 8.99. The van der Waals surface area contributed by atoms with Crippen LogP contribution in [0.15, 0.2) is 18.3 Å². The summed E-state index contributed by atoms with van der Waals surface area (Å²) in [6.45, 7) is 7.04. The van der Waals surface area contributed by atoms with Crippen molar-refractivity contribution in [3.05, 3.63) is 18.3 Å². The first kappa shape index (κ1) is 18.1. The van der Waals surface area contributed by atoms with Crippen molar-refractivity contribution >= 4 is 24.9 Å². The van der Waals surface area contributed by atoms with Gasteiger partial charge in [0.15, 0.2) is 0 Å². The molecule has 20 heavy (non-hydrogen) atoms. The third kappa shape index (κ3) is 5.83. The molecule has 2 heteroatoms. The van der Waals surface area contributed by atoms with E-state index in [1.54, 1.807) is 3.71 Å². The molecule has 0 aliphatic carbocycles. The van der Waals surface area contributed by atoms with Crippen molar-refractivity contribution in [3.63, 3.8) is 0 Å². The van der Waals surface area contributed by atoms with Crippen molar-refractivity contribution in [2.45, 2.75) is 82.0 Å². The average molecular weight is 382 g/mol. The number of hydrogen-bond acceptors (Lipinski definition) is 0. The molecule has 0 N–H and O–H groups in total. The van der Waals surface area contributed by atoms with E-state index in [1.165, 1.54) is 57.8 Å². The average Bonchev–Trinajstić information content (AvgIpc) is 2.85. The Hall–Kier alpha value is 0.0787. The summed E-state index contributed by atoms with van der Waals surface area (Å²) in [4.78, 5) is 0. The number of rotatable bonds is 11. The fourth-order valence-corrected chi connectivity index (χ4v) is 8.33. The van der Waals surface area contributed by atoms with E-state index in [-0.39, 0.29) is 0 Å². The first-order valence-corrected chi connectivity index (χ1v) is 11.4. The molecule has 0 aliphatic heterocycles. The Bertz CT molecular complexity index is 334. The maximum absolute atomic E-state index is 2.39. The second-order valence-corrected chi connectivity index (χ2v) is 11.4. The van der Waals surface area contributed by atoms with Gasteiger partial charge in [-0.05, 0) is 0 Å². The number of hydrogen-bond donors (Lipinski definition) is 0. The van der Waals surface area contributed by atoms with E-state index >= 15 is 0 Å². The van der Waals surface area contributed by atoms with Gasteiger partial charge in [-0.15, -0.1) is 0 Å². The molecule has 1 heterocycles. The van der Waals surface area contributed by atoms with E-state index in [2.05, 4.69) is 50.7 Å². The van der Waals surface area contributed by atoms with Crippen molar-refractivity contribution < 1.29 is 0 Å². The summed E-state index contributed by atoms with van der Waals surface area (Å²) >= 11 is -0.517. The summed E-state index contributed by atoms with van der Waals surface area (Å²) in [7, 11) is 2.24. The van der Waals surface area contributed by atoms with E-state index in [9.17, 15) is 0 Å². The first-order chi connectivity index (χ1) is 9.67. The van der Waals surface area contributed by atoms with Gasteiger partial charge in [0.1, 0.15) is 0 Å². The van der Waals surface area contributed by atoms with Gasteiger partial charge in [-0.1, -0.05) is 0 Å². The van der Waals surface area contributed by atoms with Crippen LogP contribution >= 0.6 is 0 Å². The quantitative estimate of drug-likeness (QED) is 0.471. The Morgan fingerprint density at radius 1 is 0.950 bits per heavy atom. The summed E-state index contributed by atoms with van der Waals surface area (Å²) in [6.07, 6.45) is 15.0. The Morgan fingerprint density at radius 3 is 1.80 bits per heavy atom. The van der Waals surface area contributed by atoms with Crippen molar-refractivity contribution in [1.29, 1.82) is 0 Å². The van der Waals surface area contributed by atoms with E-state index in [1.807, 2.05) is 0 Å². The van der Waals surface area contributed by atoms with Gasteiger partial charge >= 0.3 is 137 Å². The fraction of sp³-hybridized carbons (Fsp3) is 0.778. The summed E-state index contributed by atoms with van der Waals surface area (Å²) in [5, 5.41) is 0. The van der Waals surface area contributed by atoms with Crippen LogP contribution in [0.2, 0.25) is 3.43 Å². The molecule has 0 fully saturated rings. The second-order valence-electron chi connectivity index (χ2n) is 6.22. The Morgan fingerprint density at radius 2 is 1.45 bits per heavy atom. The minimum absolute atomic E-state index is 0.517. The number of unbranched alkanes of at least 4 members (excludes halogenated alkanes) is 3. The molecule has 1 aromatic rings. The molecular formula is C18H33NSn. The Labute approximate surface area is 136 Å². The van der Waals surface area contributed by atoms with Crippen LogP contribution in [0.1, 0.15) is 78.6 Å². The standard InChI is InChI=1S/C13H27.C5H6N.Sn/c1-4-7-10-13(11-8-5-2)12-9-6-3;1-6-4-2-3-5-6;/h4-12H2,1-3H3;2-4H,1H3;. The molecule has 0 saturated heterocycles. The monoisotopic (exact) mass is 383 g/mol. The van der Waals surface area contributed by atoms with E-state index in [0.29, 0.717) is 0 Å². The third-order valence-corrected chi connectivity index (χ3v) is 10.2. The van der Waals surface area contributed by atoms with Crippen LogP contribution in [-0.4, -0.2) is 25.7 Å². The third-order valence-electron chi connectivity index (χ3n) is 4.36. The van der Waals surface area contributed by atoms with Crippen LogP contribution in [0.4, 0.5) is 0 Å². The van der Waals surface area contributed by atoms with Gasteiger partial charge in [-0.3, -0.25) is 0 Å². The molecule has 1 nitrogen and oxygen atoms in total. The van der Waals surface area contributed by atoms with Gasteiger partial charge < -0.3 is 0 Å². The van der Waals surface area contributed by atoms with Gasteiger partial charge in [0.25, 0.3) is 0 Å². The Balaban J connectivity index is 2.84. The molecular weight excluding hydrogens is 349 g/mol. The molecule has 0 aliphatic rings. The van der Waals surface area contributed by atoms with E-state index < -0.39 is 21.1 Å². The van der Waals surface area contributed by atoms with Crippen LogP contribution in [0.5, 0.6) is 0 Å². The van der Waals surface area contributed by atoms with Gasteiger partial charge in [0, 0.05) is 0 Å². The molecule has 0 bridgehead atoms. The van der Waals surface area contributed by atoms with Gasteiger partial charge in [0.2, 0.25) is 0 Å². The number of aromatic nitrogens is 1. The molecule has 114 valence electrons. The second kappa shape index (κ2) is 9.91.